The Balaban J connectivity index is 2.24. The van der Waals surface area contributed by atoms with E-state index in [9.17, 15) is 18.0 Å². The number of hydrogen-bond donors (Lipinski definition) is 2. The molecule has 0 aromatic heterocycles. The third kappa shape index (κ3) is 2.90. The molecule has 2 aromatic rings. The maximum Gasteiger partial charge on any atom is 0.249 e. The number of carbonyl (C=O) groups is 1. The van der Waals surface area contributed by atoms with Gasteiger partial charge in [0.1, 0.15) is 11.5 Å². The van der Waals surface area contributed by atoms with Gasteiger partial charge in [0.2, 0.25) is 5.91 Å². The van der Waals surface area contributed by atoms with Crippen molar-refractivity contribution in [3.63, 3.8) is 0 Å². The first kappa shape index (κ1) is 13.9. The number of carbonyl (C=O) groups excluding carboxylic acids is 1. The van der Waals surface area contributed by atoms with E-state index in [4.69, 9.17) is 5.73 Å². The van der Waals surface area contributed by atoms with Gasteiger partial charge >= 0.3 is 0 Å². The molecule has 0 saturated heterocycles. The SMILES string of the molecule is NC(=O)c1ccccc1CNc1c(F)cc(F)cc1F. The predicted molar refractivity (Wildman–Crippen MR) is 68.6 cm³/mol. The molecule has 0 spiro atoms. The van der Waals surface area contributed by atoms with Gasteiger partial charge in [0.05, 0.1) is 0 Å². The van der Waals surface area contributed by atoms with Gasteiger partial charge in [-0.2, -0.15) is 0 Å². The summed E-state index contributed by atoms with van der Waals surface area (Å²) in [5.41, 5.74) is 5.49. The van der Waals surface area contributed by atoms with Crippen LogP contribution in [0.4, 0.5) is 18.9 Å². The van der Waals surface area contributed by atoms with Crippen molar-refractivity contribution in [1.82, 2.24) is 0 Å². The minimum Gasteiger partial charge on any atom is -0.376 e. The molecule has 0 heterocycles. The van der Waals surface area contributed by atoms with E-state index in [1.807, 2.05) is 0 Å². The molecule has 0 bridgehead atoms. The monoisotopic (exact) mass is 280 g/mol. The third-order valence-electron chi connectivity index (χ3n) is 2.75. The Labute approximate surface area is 113 Å². The van der Waals surface area contributed by atoms with Crippen molar-refractivity contribution in [1.29, 1.82) is 0 Å². The summed E-state index contributed by atoms with van der Waals surface area (Å²) in [6.07, 6.45) is 0. The highest BCUT2D eigenvalue weighted by molar-refractivity contribution is 5.94. The van der Waals surface area contributed by atoms with Gasteiger partial charge in [-0.25, -0.2) is 13.2 Å². The maximum absolute atomic E-state index is 13.4. The molecule has 0 unspecified atom stereocenters. The zero-order valence-corrected chi connectivity index (χ0v) is 10.3. The summed E-state index contributed by atoms with van der Waals surface area (Å²) in [4.78, 5) is 11.2. The lowest BCUT2D eigenvalue weighted by Crippen LogP contribution is -2.15. The molecular formula is C14H11F3N2O. The fourth-order valence-electron chi connectivity index (χ4n) is 1.81. The van der Waals surface area contributed by atoms with E-state index in [-0.39, 0.29) is 12.1 Å². The summed E-state index contributed by atoms with van der Waals surface area (Å²) in [6.45, 7) is -0.0153. The number of nitrogens with one attached hydrogen (secondary N) is 1. The molecule has 2 rings (SSSR count). The Kier molecular flexibility index (Phi) is 3.93. The van der Waals surface area contributed by atoms with Crippen LogP contribution in [0.15, 0.2) is 36.4 Å². The van der Waals surface area contributed by atoms with E-state index in [2.05, 4.69) is 5.32 Å². The summed E-state index contributed by atoms with van der Waals surface area (Å²) in [7, 11) is 0. The zero-order chi connectivity index (χ0) is 14.7. The number of halogens is 3. The average molecular weight is 280 g/mol. The van der Waals surface area contributed by atoms with E-state index in [0.717, 1.165) is 0 Å². The van der Waals surface area contributed by atoms with Crippen LogP contribution in [0.2, 0.25) is 0 Å². The molecule has 2 aromatic carbocycles. The molecule has 0 saturated carbocycles. The molecule has 20 heavy (non-hydrogen) atoms. The van der Waals surface area contributed by atoms with E-state index < -0.39 is 29.0 Å². The van der Waals surface area contributed by atoms with Crippen molar-refractivity contribution in [3.05, 3.63) is 65.0 Å². The molecule has 0 aliphatic heterocycles. The van der Waals surface area contributed by atoms with Crippen LogP contribution in [0.3, 0.4) is 0 Å². The molecule has 0 aliphatic rings. The number of hydrogen-bond acceptors (Lipinski definition) is 2. The molecule has 3 nitrogen and oxygen atoms in total. The summed E-state index contributed by atoms with van der Waals surface area (Å²) in [5.74, 6) is -3.72. The molecule has 0 aliphatic carbocycles. The largest absolute Gasteiger partial charge is 0.376 e. The molecule has 0 radical (unpaired) electrons. The van der Waals surface area contributed by atoms with E-state index in [0.29, 0.717) is 17.7 Å². The number of benzene rings is 2. The Hall–Kier alpha value is -2.50. The van der Waals surface area contributed by atoms with E-state index >= 15 is 0 Å². The number of anilines is 1. The minimum atomic E-state index is -1.04. The Morgan fingerprint density at radius 2 is 1.70 bits per heavy atom. The van der Waals surface area contributed by atoms with Gasteiger partial charge in [-0.1, -0.05) is 18.2 Å². The van der Waals surface area contributed by atoms with E-state index in [1.54, 1.807) is 18.2 Å². The molecule has 6 heteroatoms. The highest BCUT2D eigenvalue weighted by Gasteiger charge is 2.12. The zero-order valence-electron chi connectivity index (χ0n) is 10.3. The highest BCUT2D eigenvalue weighted by atomic mass is 19.1. The smallest absolute Gasteiger partial charge is 0.249 e. The normalized spacial score (nSPS) is 10.3. The molecule has 3 N–H and O–H groups in total. The molecule has 1 amide bonds. The van der Waals surface area contributed by atoms with Crippen molar-refractivity contribution in [2.75, 3.05) is 5.32 Å². The van der Waals surface area contributed by atoms with Gasteiger partial charge < -0.3 is 11.1 Å². The van der Waals surface area contributed by atoms with Gasteiger partial charge in [0, 0.05) is 24.2 Å². The van der Waals surface area contributed by atoms with Crippen molar-refractivity contribution in [2.24, 2.45) is 5.73 Å². The highest BCUT2D eigenvalue weighted by Crippen LogP contribution is 2.21. The Morgan fingerprint density at radius 1 is 1.10 bits per heavy atom. The van der Waals surface area contributed by atoms with Crippen molar-refractivity contribution >= 4 is 11.6 Å². The standard InChI is InChI=1S/C14H11F3N2O/c15-9-5-11(16)13(12(17)6-9)19-7-8-3-1-2-4-10(8)14(18)20/h1-6,19H,7H2,(H2,18,20). The van der Waals surface area contributed by atoms with Crippen LogP contribution in [0, 0.1) is 17.5 Å². The lowest BCUT2D eigenvalue weighted by atomic mass is 10.1. The van der Waals surface area contributed by atoms with Gasteiger partial charge in [-0.15, -0.1) is 0 Å². The van der Waals surface area contributed by atoms with Crippen LogP contribution < -0.4 is 11.1 Å². The lowest BCUT2D eigenvalue weighted by Gasteiger charge is -2.11. The second-order valence-electron chi connectivity index (χ2n) is 4.12. The number of amides is 1. The molecule has 0 atom stereocenters. The van der Waals surface area contributed by atoms with Gasteiger partial charge in [-0.3, -0.25) is 4.79 Å². The van der Waals surface area contributed by atoms with Crippen LogP contribution in [0.1, 0.15) is 15.9 Å². The fraction of sp³-hybridized carbons (Fsp3) is 0.0714. The maximum atomic E-state index is 13.4. The fourth-order valence-corrected chi connectivity index (χ4v) is 1.81. The first-order valence-electron chi connectivity index (χ1n) is 5.75. The van der Waals surface area contributed by atoms with Crippen LogP contribution in [-0.2, 0) is 6.54 Å². The number of primary amides is 1. The molecule has 0 fully saturated rings. The van der Waals surface area contributed by atoms with Gasteiger partial charge in [0.25, 0.3) is 0 Å². The second-order valence-corrected chi connectivity index (χ2v) is 4.12. The van der Waals surface area contributed by atoms with E-state index in [1.165, 1.54) is 6.07 Å². The molecular weight excluding hydrogens is 269 g/mol. The third-order valence-corrected chi connectivity index (χ3v) is 2.75. The first-order chi connectivity index (χ1) is 9.49. The second kappa shape index (κ2) is 5.64. The van der Waals surface area contributed by atoms with Crippen molar-refractivity contribution in [3.8, 4) is 0 Å². The first-order valence-corrected chi connectivity index (χ1v) is 5.75. The van der Waals surface area contributed by atoms with Gasteiger partial charge in [-0.05, 0) is 11.6 Å². The Bertz CT molecular complexity index is 636. The molecule has 104 valence electrons. The number of nitrogens with two attached hydrogens (primary N) is 1. The number of rotatable bonds is 4. The summed E-state index contributed by atoms with van der Waals surface area (Å²) in [6, 6.07) is 7.56. The van der Waals surface area contributed by atoms with Crippen molar-refractivity contribution in [2.45, 2.75) is 6.54 Å². The summed E-state index contributed by atoms with van der Waals surface area (Å²) < 4.78 is 39.7. The summed E-state index contributed by atoms with van der Waals surface area (Å²) >= 11 is 0. The van der Waals surface area contributed by atoms with Crippen LogP contribution in [0.25, 0.3) is 0 Å². The lowest BCUT2D eigenvalue weighted by molar-refractivity contribution is 0.0999. The van der Waals surface area contributed by atoms with Gasteiger partial charge in [0.15, 0.2) is 11.6 Å². The minimum absolute atomic E-state index is 0.0153. The van der Waals surface area contributed by atoms with Crippen molar-refractivity contribution < 1.29 is 18.0 Å². The summed E-state index contributed by atoms with van der Waals surface area (Å²) in [5, 5.41) is 2.50. The van der Waals surface area contributed by atoms with Crippen LogP contribution in [0.5, 0.6) is 0 Å². The van der Waals surface area contributed by atoms with Crippen LogP contribution >= 0.6 is 0 Å². The topological polar surface area (TPSA) is 55.1 Å². The quantitative estimate of drug-likeness (QED) is 0.904. The predicted octanol–water partition coefficient (Wildman–Crippen LogP) is 2.81. The average Bonchev–Trinajstić information content (AvgIpc) is 2.37. The van der Waals surface area contributed by atoms with Crippen LogP contribution in [-0.4, -0.2) is 5.91 Å². The Morgan fingerprint density at radius 3 is 2.30 bits per heavy atom.